The molecule has 0 spiro atoms. The topological polar surface area (TPSA) is 143 Å². The summed E-state index contributed by atoms with van der Waals surface area (Å²) in [6.45, 7) is 0. The van der Waals surface area contributed by atoms with Crippen LogP contribution in [-0.4, -0.2) is 11.3 Å². The Morgan fingerprint density at radius 2 is 1.71 bits per heavy atom. The number of carbonyl (C=O) groups is 1. The first kappa shape index (κ1) is 16.4. The quantitative estimate of drug-likeness (QED) is 0.321. The van der Waals surface area contributed by atoms with Crippen LogP contribution in [0.1, 0.15) is 0 Å². The second kappa shape index (κ2) is 8.94. The average molecular weight is 111 g/mol. The minimum absolute atomic E-state index is 0. The molecule has 46 valence electrons. The summed E-state index contributed by atoms with van der Waals surface area (Å²) >= 11 is 0. The first-order valence-electron chi connectivity index (χ1n) is 0.868. The maximum Gasteiger partial charge on any atom is 0.524 e. The highest BCUT2D eigenvalue weighted by molar-refractivity contribution is 5.56. The monoisotopic (exact) mass is 111 g/mol. The van der Waals surface area contributed by atoms with Crippen LogP contribution < -0.4 is 18.2 Å². The summed E-state index contributed by atoms with van der Waals surface area (Å²) in [6.07, 6.45) is -1.47. The SMILES string of the molecule is N.N.NOC(=O)O. The van der Waals surface area contributed by atoms with E-state index in [0.29, 0.717) is 0 Å². The van der Waals surface area contributed by atoms with Gasteiger partial charge in [0.05, 0.1) is 0 Å². The van der Waals surface area contributed by atoms with E-state index >= 15 is 0 Å². The van der Waals surface area contributed by atoms with Crippen molar-refractivity contribution >= 4 is 6.16 Å². The maximum atomic E-state index is 9.02. The van der Waals surface area contributed by atoms with Gasteiger partial charge in [-0.05, 0) is 0 Å². The van der Waals surface area contributed by atoms with Crippen molar-refractivity contribution in [3.63, 3.8) is 0 Å². The second-order valence-corrected chi connectivity index (χ2v) is 0.384. The van der Waals surface area contributed by atoms with Crippen molar-refractivity contribution in [1.29, 1.82) is 0 Å². The van der Waals surface area contributed by atoms with Crippen LogP contribution in [0.4, 0.5) is 4.79 Å². The molecule has 0 aromatic heterocycles. The van der Waals surface area contributed by atoms with Gasteiger partial charge in [0, 0.05) is 0 Å². The van der Waals surface area contributed by atoms with Gasteiger partial charge in [-0.25, -0.2) is 4.79 Å². The van der Waals surface area contributed by atoms with Gasteiger partial charge in [-0.2, -0.15) is 5.90 Å². The summed E-state index contributed by atoms with van der Waals surface area (Å²) in [5.74, 6) is 4.07. The predicted octanol–water partition coefficient (Wildman–Crippen LogP) is -0.121. The fourth-order valence-electron chi connectivity index (χ4n) is 0. The fraction of sp³-hybridized carbons (Fsp3) is 0. The number of rotatable bonds is 0. The number of carboxylic acid groups (broad SMARTS) is 1. The van der Waals surface area contributed by atoms with Gasteiger partial charge in [0.1, 0.15) is 0 Å². The molecule has 0 rings (SSSR count). The van der Waals surface area contributed by atoms with E-state index in [2.05, 4.69) is 10.7 Å². The first-order chi connectivity index (χ1) is 2.27. The van der Waals surface area contributed by atoms with Crippen LogP contribution in [0, 0.1) is 0 Å². The molecule has 0 aliphatic rings. The summed E-state index contributed by atoms with van der Waals surface area (Å²) in [5, 5.41) is 7.38. The first-order valence-corrected chi connectivity index (χ1v) is 0.868. The lowest BCUT2D eigenvalue weighted by atomic mass is 11.4. The lowest BCUT2D eigenvalue weighted by Gasteiger charge is -1.77. The highest BCUT2D eigenvalue weighted by Gasteiger charge is 1.82. The molecule has 0 aromatic carbocycles. The fourth-order valence-corrected chi connectivity index (χ4v) is 0. The smallest absolute Gasteiger partial charge is 0.448 e. The van der Waals surface area contributed by atoms with Gasteiger partial charge in [-0.3, -0.25) is 0 Å². The van der Waals surface area contributed by atoms with Crippen molar-refractivity contribution in [2.24, 2.45) is 5.90 Å². The Morgan fingerprint density at radius 1 is 1.57 bits per heavy atom. The highest BCUT2D eigenvalue weighted by atomic mass is 16.7. The normalized spacial score (nSPS) is 4.71. The van der Waals surface area contributed by atoms with Gasteiger partial charge in [0.2, 0.25) is 0 Å². The van der Waals surface area contributed by atoms with E-state index in [1.54, 1.807) is 0 Å². The van der Waals surface area contributed by atoms with Crippen molar-refractivity contribution in [3.8, 4) is 0 Å². The molecule has 0 aliphatic carbocycles. The van der Waals surface area contributed by atoms with Crippen LogP contribution >= 0.6 is 0 Å². The lowest BCUT2D eigenvalue weighted by molar-refractivity contribution is 0.0921. The van der Waals surface area contributed by atoms with Crippen LogP contribution in [0.3, 0.4) is 0 Å². The summed E-state index contributed by atoms with van der Waals surface area (Å²) in [5.41, 5.74) is 0. The number of nitrogens with two attached hydrogens (primary N) is 1. The maximum absolute atomic E-state index is 9.02. The molecule has 7 heavy (non-hydrogen) atoms. The molecule has 0 unspecified atom stereocenters. The number of hydrogen-bond donors (Lipinski definition) is 4. The molecule has 0 atom stereocenters. The second-order valence-electron chi connectivity index (χ2n) is 0.384. The van der Waals surface area contributed by atoms with Crippen molar-refractivity contribution < 1.29 is 14.7 Å². The molecule has 0 heterocycles. The Kier molecular flexibility index (Phi) is 21.0. The van der Waals surface area contributed by atoms with Crippen molar-refractivity contribution in [3.05, 3.63) is 0 Å². The highest BCUT2D eigenvalue weighted by Crippen LogP contribution is 1.55. The molecular formula is CH9N3O3. The minimum Gasteiger partial charge on any atom is -0.448 e. The van der Waals surface area contributed by atoms with E-state index < -0.39 is 6.16 Å². The van der Waals surface area contributed by atoms with Gasteiger partial charge in [-0.1, -0.05) is 0 Å². The Labute approximate surface area is 40.4 Å². The minimum atomic E-state index is -1.47. The van der Waals surface area contributed by atoms with Crippen molar-refractivity contribution in [2.75, 3.05) is 0 Å². The molecule has 0 saturated carbocycles. The zero-order valence-electron chi connectivity index (χ0n) is 3.76. The van der Waals surface area contributed by atoms with E-state index in [1.165, 1.54) is 0 Å². The Morgan fingerprint density at radius 3 is 1.71 bits per heavy atom. The summed E-state index contributed by atoms with van der Waals surface area (Å²) < 4.78 is 0. The molecule has 0 aliphatic heterocycles. The van der Waals surface area contributed by atoms with Gasteiger partial charge >= 0.3 is 6.16 Å². The molecule has 9 N–H and O–H groups in total. The third kappa shape index (κ3) is 38.6. The van der Waals surface area contributed by atoms with Crippen LogP contribution in [0.2, 0.25) is 0 Å². The molecule has 6 nitrogen and oxygen atoms in total. The summed E-state index contributed by atoms with van der Waals surface area (Å²) in [4.78, 5) is 12.2. The van der Waals surface area contributed by atoms with Crippen LogP contribution in [0.15, 0.2) is 0 Å². The Balaban J connectivity index is -0.0000000800. The molecule has 0 radical (unpaired) electrons. The third-order valence-electron chi connectivity index (χ3n) is 0.101. The molecule has 6 heteroatoms. The van der Waals surface area contributed by atoms with E-state index in [9.17, 15) is 0 Å². The number of hydrogen-bond acceptors (Lipinski definition) is 5. The molecule has 0 amide bonds. The lowest BCUT2D eigenvalue weighted by Crippen LogP contribution is -2.04. The van der Waals surface area contributed by atoms with Crippen LogP contribution in [0.5, 0.6) is 0 Å². The van der Waals surface area contributed by atoms with Gasteiger partial charge in [0.15, 0.2) is 0 Å². The van der Waals surface area contributed by atoms with Gasteiger partial charge < -0.3 is 22.2 Å². The largest absolute Gasteiger partial charge is 0.524 e. The van der Waals surface area contributed by atoms with E-state index in [1.807, 2.05) is 0 Å². The van der Waals surface area contributed by atoms with Crippen molar-refractivity contribution in [2.45, 2.75) is 0 Å². The molecule has 0 bridgehead atoms. The van der Waals surface area contributed by atoms with Crippen LogP contribution in [0.25, 0.3) is 0 Å². The zero-order chi connectivity index (χ0) is 4.28. The van der Waals surface area contributed by atoms with Crippen LogP contribution in [-0.2, 0) is 4.84 Å². The summed E-state index contributed by atoms with van der Waals surface area (Å²) in [7, 11) is 0. The van der Waals surface area contributed by atoms with E-state index in [0.717, 1.165) is 0 Å². The molecule has 0 saturated heterocycles. The Hall–Kier alpha value is -0.850. The van der Waals surface area contributed by atoms with E-state index in [4.69, 9.17) is 9.90 Å². The average Bonchev–Trinajstić information content (AvgIpc) is 1.38. The van der Waals surface area contributed by atoms with Gasteiger partial charge in [-0.15, -0.1) is 0 Å². The molecular weight excluding hydrogens is 102 g/mol. The summed E-state index contributed by atoms with van der Waals surface area (Å²) in [6, 6.07) is 0. The van der Waals surface area contributed by atoms with E-state index in [-0.39, 0.29) is 12.3 Å². The Bertz CT molecular complexity index is 45.4. The zero-order valence-corrected chi connectivity index (χ0v) is 3.76. The molecule has 0 aromatic rings. The third-order valence-corrected chi connectivity index (χ3v) is 0.101. The predicted molar refractivity (Wildman–Crippen MR) is 23.3 cm³/mol. The van der Waals surface area contributed by atoms with Crippen molar-refractivity contribution in [1.82, 2.24) is 12.3 Å². The molecule has 0 fully saturated rings. The standard InChI is InChI=1S/CH3NO3.2H3N/c2-5-1(3)4;;/h2H2,(H,3,4);2*1H3. The van der Waals surface area contributed by atoms with Gasteiger partial charge in [0.25, 0.3) is 0 Å².